The summed E-state index contributed by atoms with van der Waals surface area (Å²) in [7, 11) is 1.50. The van der Waals surface area contributed by atoms with Crippen molar-refractivity contribution in [2.75, 3.05) is 7.11 Å². The number of halogens is 1. The third-order valence-electron chi connectivity index (χ3n) is 7.55. The third-order valence-corrected chi connectivity index (χ3v) is 7.87. The van der Waals surface area contributed by atoms with Crippen LogP contribution in [0.4, 0.5) is 0 Å². The zero-order valence-electron chi connectivity index (χ0n) is 23.0. The van der Waals surface area contributed by atoms with Crippen LogP contribution in [0.15, 0.2) is 120 Å². The van der Waals surface area contributed by atoms with Crippen LogP contribution in [-0.2, 0) is 4.79 Å². The quantitative estimate of drug-likeness (QED) is 0.175. The second-order valence-electron chi connectivity index (χ2n) is 10.2. The number of rotatable bonds is 7. The number of pyridine rings is 1. The van der Waals surface area contributed by atoms with E-state index < -0.39 is 11.9 Å². The molecule has 212 valence electrons. The van der Waals surface area contributed by atoms with E-state index in [1.54, 1.807) is 66.7 Å². The van der Waals surface area contributed by atoms with Gasteiger partial charge in [0.2, 0.25) is 0 Å². The highest BCUT2D eigenvalue weighted by molar-refractivity contribution is 6.34. The Morgan fingerprint density at radius 2 is 1.47 bits per heavy atom. The fraction of sp³-hybridized carbons (Fsp3) is 0.0556. The van der Waals surface area contributed by atoms with E-state index in [-0.39, 0.29) is 11.3 Å². The summed E-state index contributed by atoms with van der Waals surface area (Å²) >= 11 is 6.65. The number of aromatic amines is 1. The molecule has 0 aliphatic heterocycles. The highest BCUT2D eigenvalue weighted by atomic mass is 35.5. The predicted molar refractivity (Wildman–Crippen MR) is 170 cm³/mol. The number of fused-ring (bicyclic) bond motifs is 1. The van der Waals surface area contributed by atoms with Crippen LogP contribution in [0, 0.1) is 0 Å². The van der Waals surface area contributed by atoms with Crippen molar-refractivity contribution in [2.24, 2.45) is 0 Å². The van der Waals surface area contributed by atoms with Crippen molar-refractivity contribution in [1.82, 2.24) is 4.98 Å². The summed E-state index contributed by atoms with van der Waals surface area (Å²) < 4.78 is 5.43. The average Bonchev–Trinajstić information content (AvgIpc) is 3.01. The van der Waals surface area contributed by atoms with Gasteiger partial charge in [-0.05, 0) is 64.0 Å². The van der Waals surface area contributed by atoms with Crippen molar-refractivity contribution in [3.63, 3.8) is 0 Å². The number of nitrogens with one attached hydrogen (secondary N) is 1. The first-order chi connectivity index (χ1) is 20.8. The van der Waals surface area contributed by atoms with Crippen molar-refractivity contribution >= 4 is 28.5 Å². The minimum Gasteiger partial charge on any atom is -0.507 e. The molecule has 1 atom stereocenters. The summed E-state index contributed by atoms with van der Waals surface area (Å²) in [5, 5.41) is 22.1. The van der Waals surface area contributed by atoms with Gasteiger partial charge in [0, 0.05) is 27.8 Å². The van der Waals surface area contributed by atoms with Gasteiger partial charge in [-0.1, -0.05) is 90.5 Å². The lowest BCUT2D eigenvalue weighted by Crippen LogP contribution is -2.15. The summed E-state index contributed by atoms with van der Waals surface area (Å²) in [6.07, 6.45) is 0. The van der Waals surface area contributed by atoms with E-state index in [1.807, 2.05) is 48.5 Å². The van der Waals surface area contributed by atoms with Crippen LogP contribution in [0.1, 0.15) is 17.0 Å². The van der Waals surface area contributed by atoms with Gasteiger partial charge >= 0.3 is 5.97 Å². The van der Waals surface area contributed by atoms with Crippen molar-refractivity contribution < 1.29 is 19.7 Å². The molecule has 0 fully saturated rings. The van der Waals surface area contributed by atoms with Gasteiger partial charge in [0.05, 0.1) is 12.1 Å². The zero-order chi connectivity index (χ0) is 30.1. The lowest BCUT2D eigenvalue weighted by atomic mass is 9.89. The lowest BCUT2D eigenvalue weighted by Gasteiger charge is -2.17. The number of carbonyl (C=O) groups is 1. The van der Waals surface area contributed by atoms with E-state index >= 15 is 0 Å². The van der Waals surface area contributed by atoms with Gasteiger partial charge in [-0.15, -0.1) is 0 Å². The molecule has 0 spiro atoms. The molecule has 43 heavy (non-hydrogen) atoms. The Bertz CT molecular complexity index is 2050. The van der Waals surface area contributed by atoms with E-state index in [2.05, 4.69) is 4.98 Å². The van der Waals surface area contributed by atoms with Crippen LogP contribution in [0.25, 0.3) is 44.3 Å². The second kappa shape index (κ2) is 11.5. The molecule has 0 bridgehead atoms. The molecule has 3 N–H and O–H groups in total. The van der Waals surface area contributed by atoms with Crippen LogP contribution in [-0.4, -0.2) is 28.3 Å². The number of aliphatic carboxylic acids is 1. The number of phenolic OH excluding ortho intramolecular Hbond substituents is 1. The van der Waals surface area contributed by atoms with E-state index in [0.717, 1.165) is 16.5 Å². The van der Waals surface area contributed by atoms with E-state index in [9.17, 15) is 19.8 Å². The van der Waals surface area contributed by atoms with Crippen LogP contribution in [0.2, 0.25) is 5.02 Å². The molecule has 0 saturated carbocycles. The molecule has 0 saturated heterocycles. The number of carboxylic acids is 1. The molecule has 0 radical (unpaired) electrons. The molecule has 0 aliphatic carbocycles. The molecule has 1 unspecified atom stereocenters. The minimum atomic E-state index is -1.03. The zero-order valence-corrected chi connectivity index (χ0v) is 23.8. The number of aromatic nitrogens is 1. The Morgan fingerprint density at radius 3 is 2.21 bits per heavy atom. The normalized spacial score (nSPS) is 11.8. The molecule has 5 aromatic carbocycles. The SMILES string of the molecule is COc1ccccc1C(C(=O)O)c1cccc(-c2cc3cc(-c4ccc(-c5ccccc5)c(O)c4)c(Cl)cc3[nH]c2=O)c1. The van der Waals surface area contributed by atoms with Gasteiger partial charge in [-0.3, -0.25) is 9.59 Å². The molecule has 1 aromatic heterocycles. The van der Waals surface area contributed by atoms with Gasteiger partial charge in [0.15, 0.2) is 0 Å². The molecule has 6 rings (SSSR count). The molecule has 0 aliphatic rings. The number of methoxy groups -OCH3 is 1. The van der Waals surface area contributed by atoms with Gasteiger partial charge in [0.25, 0.3) is 5.56 Å². The van der Waals surface area contributed by atoms with Crippen molar-refractivity contribution in [3.8, 4) is 44.9 Å². The first-order valence-corrected chi connectivity index (χ1v) is 13.9. The van der Waals surface area contributed by atoms with Crippen molar-refractivity contribution in [3.05, 3.63) is 142 Å². The van der Waals surface area contributed by atoms with Crippen LogP contribution in [0.3, 0.4) is 0 Å². The first-order valence-electron chi connectivity index (χ1n) is 13.6. The van der Waals surface area contributed by atoms with E-state index in [1.165, 1.54) is 7.11 Å². The Hall–Kier alpha value is -5.33. The lowest BCUT2D eigenvalue weighted by molar-refractivity contribution is -0.137. The molecule has 0 amide bonds. The second-order valence-corrected chi connectivity index (χ2v) is 10.6. The fourth-order valence-electron chi connectivity index (χ4n) is 5.47. The molecule has 1 heterocycles. The summed E-state index contributed by atoms with van der Waals surface area (Å²) in [4.78, 5) is 28.6. The van der Waals surface area contributed by atoms with E-state index in [4.69, 9.17) is 16.3 Å². The summed E-state index contributed by atoms with van der Waals surface area (Å²) in [6, 6.07) is 34.3. The maximum Gasteiger partial charge on any atom is 0.315 e. The first kappa shape index (κ1) is 27.8. The van der Waals surface area contributed by atoms with Crippen LogP contribution in [0.5, 0.6) is 11.5 Å². The largest absolute Gasteiger partial charge is 0.507 e. The summed E-state index contributed by atoms with van der Waals surface area (Å²) in [5.74, 6) is -1.43. The number of aromatic hydroxyl groups is 1. The van der Waals surface area contributed by atoms with Gasteiger partial charge in [-0.25, -0.2) is 0 Å². The minimum absolute atomic E-state index is 0.127. The third kappa shape index (κ3) is 5.36. The summed E-state index contributed by atoms with van der Waals surface area (Å²) in [5.41, 5.74) is 5.23. The number of ether oxygens (including phenoxy) is 1. The molecule has 6 nitrogen and oxygen atoms in total. The number of hydrogen-bond acceptors (Lipinski definition) is 4. The topological polar surface area (TPSA) is 99.6 Å². The Balaban J connectivity index is 1.42. The maximum absolute atomic E-state index is 13.2. The predicted octanol–water partition coefficient (Wildman–Crippen LogP) is 8.11. The Labute approximate surface area is 252 Å². The fourth-order valence-corrected chi connectivity index (χ4v) is 5.74. The number of phenols is 1. The molecular formula is C36H26ClNO5. The molecule has 7 heteroatoms. The highest BCUT2D eigenvalue weighted by Gasteiger charge is 2.26. The standard InChI is InChI=1S/C36H26ClNO5/c1-43-33-13-6-5-12-27(33)34(36(41)42)24-11-7-10-22(16-24)29-18-25-17-28(30(37)20-31(25)38-35(29)40)23-14-15-26(32(39)19-23)21-8-3-2-4-9-21/h2-20,34,39H,1H3,(H,38,40)(H,41,42). The monoisotopic (exact) mass is 587 g/mol. The smallest absolute Gasteiger partial charge is 0.315 e. The average molecular weight is 588 g/mol. The summed E-state index contributed by atoms with van der Waals surface area (Å²) in [6.45, 7) is 0. The number of H-pyrrole nitrogens is 1. The van der Waals surface area contributed by atoms with Crippen molar-refractivity contribution in [1.29, 1.82) is 0 Å². The molecular weight excluding hydrogens is 562 g/mol. The number of hydrogen-bond donors (Lipinski definition) is 3. The van der Waals surface area contributed by atoms with Crippen LogP contribution >= 0.6 is 11.6 Å². The number of para-hydroxylation sites is 1. The van der Waals surface area contributed by atoms with Gasteiger partial charge in [-0.2, -0.15) is 0 Å². The Kier molecular flexibility index (Phi) is 7.45. The number of benzene rings is 5. The maximum atomic E-state index is 13.2. The van der Waals surface area contributed by atoms with E-state index in [0.29, 0.717) is 49.7 Å². The van der Waals surface area contributed by atoms with Crippen molar-refractivity contribution in [2.45, 2.75) is 5.92 Å². The highest BCUT2D eigenvalue weighted by Crippen LogP contribution is 2.38. The van der Waals surface area contributed by atoms with Gasteiger partial charge < -0.3 is 19.9 Å². The Morgan fingerprint density at radius 1 is 0.767 bits per heavy atom. The van der Waals surface area contributed by atoms with Gasteiger partial charge in [0.1, 0.15) is 17.4 Å². The number of carboxylic acid groups (broad SMARTS) is 1. The van der Waals surface area contributed by atoms with Crippen LogP contribution < -0.4 is 10.3 Å². The molecule has 6 aromatic rings.